The van der Waals surface area contributed by atoms with Crippen LogP contribution in [0.3, 0.4) is 0 Å². The fourth-order valence-electron chi connectivity index (χ4n) is 1.59. The van der Waals surface area contributed by atoms with Gasteiger partial charge in [-0.2, -0.15) is 0 Å². The molecule has 0 radical (unpaired) electrons. The average Bonchev–Trinajstić information content (AvgIpc) is 2.93. The minimum atomic E-state index is 0.0413. The Morgan fingerprint density at radius 2 is 2.25 bits per heavy atom. The molecule has 0 aliphatic rings. The highest BCUT2D eigenvalue weighted by Gasteiger charge is 2.06. The Labute approximate surface area is 99.6 Å². The number of fused-ring (bicyclic) bond motifs is 1. The van der Waals surface area contributed by atoms with E-state index in [1.54, 1.807) is 28.1 Å². The van der Waals surface area contributed by atoms with Gasteiger partial charge in [-0.25, -0.2) is 4.98 Å². The summed E-state index contributed by atoms with van der Waals surface area (Å²) in [6.07, 6.45) is 4.13. The number of nitrogens with zero attached hydrogens (tertiary/aromatic N) is 2. The standard InChI is InChI=1S/C11H8N2OS2/c14-10-8(6-9-2-1-4-15-9)7-12-11-13(10)3-5-16-11/h1-5,7H,6H2. The molecule has 3 aromatic rings. The summed E-state index contributed by atoms with van der Waals surface area (Å²) in [5, 5.41) is 3.89. The van der Waals surface area contributed by atoms with E-state index in [9.17, 15) is 4.79 Å². The smallest absolute Gasteiger partial charge is 0.262 e. The van der Waals surface area contributed by atoms with Crippen molar-refractivity contribution in [3.05, 3.63) is 56.1 Å². The van der Waals surface area contributed by atoms with E-state index >= 15 is 0 Å². The zero-order valence-electron chi connectivity index (χ0n) is 8.29. The van der Waals surface area contributed by atoms with Crippen LogP contribution in [-0.2, 0) is 6.42 Å². The highest BCUT2D eigenvalue weighted by Crippen LogP contribution is 2.13. The lowest BCUT2D eigenvalue weighted by molar-refractivity contribution is 1.01. The number of hydrogen-bond donors (Lipinski definition) is 0. The van der Waals surface area contributed by atoms with Crippen LogP contribution in [0.2, 0.25) is 0 Å². The number of rotatable bonds is 2. The second-order valence-electron chi connectivity index (χ2n) is 3.40. The molecule has 0 unspecified atom stereocenters. The van der Waals surface area contributed by atoms with E-state index in [1.807, 2.05) is 22.9 Å². The minimum Gasteiger partial charge on any atom is -0.269 e. The van der Waals surface area contributed by atoms with Crippen molar-refractivity contribution in [2.45, 2.75) is 6.42 Å². The largest absolute Gasteiger partial charge is 0.269 e. The van der Waals surface area contributed by atoms with Crippen molar-refractivity contribution in [3.63, 3.8) is 0 Å². The van der Waals surface area contributed by atoms with Crippen LogP contribution in [-0.4, -0.2) is 9.38 Å². The van der Waals surface area contributed by atoms with E-state index in [4.69, 9.17) is 0 Å². The van der Waals surface area contributed by atoms with E-state index in [0.29, 0.717) is 6.42 Å². The molecule has 3 nitrogen and oxygen atoms in total. The van der Waals surface area contributed by atoms with Gasteiger partial charge in [-0.1, -0.05) is 6.07 Å². The summed E-state index contributed by atoms with van der Waals surface area (Å²) in [5.74, 6) is 0. The molecule has 3 heterocycles. The van der Waals surface area contributed by atoms with Gasteiger partial charge in [-0.15, -0.1) is 22.7 Å². The second-order valence-corrected chi connectivity index (χ2v) is 5.31. The quantitative estimate of drug-likeness (QED) is 0.698. The van der Waals surface area contributed by atoms with Gasteiger partial charge in [0.1, 0.15) is 0 Å². The van der Waals surface area contributed by atoms with Crippen molar-refractivity contribution in [2.24, 2.45) is 0 Å². The zero-order valence-corrected chi connectivity index (χ0v) is 9.92. The van der Waals surface area contributed by atoms with Crippen LogP contribution in [0.25, 0.3) is 4.96 Å². The molecule has 0 amide bonds. The van der Waals surface area contributed by atoms with Gasteiger partial charge in [0.25, 0.3) is 5.56 Å². The van der Waals surface area contributed by atoms with Crippen LogP contribution in [0, 0.1) is 0 Å². The molecule has 0 aliphatic carbocycles. The Morgan fingerprint density at radius 3 is 3.06 bits per heavy atom. The monoisotopic (exact) mass is 248 g/mol. The maximum Gasteiger partial charge on any atom is 0.262 e. The summed E-state index contributed by atoms with van der Waals surface area (Å²) in [4.78, 5) is 18.3. The molecule has 0 aliphatic heterocycles. The molecular weight excluding hydrogens is 240 g/mol. The van der Waals surface area contributed by atoms with Gasteiger partial charge in [0.2, 0.25) is 0 Å². The van der Waals surface area contributed by atoms with E-state index in [0.717, 1.165) is 10.5 Å². The molecule has 0 fully saturated rings. The summed E-state index contributed by atoms with van der Waals surface area (Å²) in [6.45, 7) is 0. The number of thiophene rings is 1. The molecule has 0 bridgehead atoms. The SMILES string of the molecule is O=c1c(Cc2cccs2)cnc2sccn12. The third-order valence-electron chi connectivity index (χ3n) is 2.36. The van der Waals surface area contributed by atoms with Crippen LogP contribution < -0.4 is 5.56 Å². The molecule has 0 aromatic carbocycles. The first kappa shape index (κ1) is 9.74. The van der Waals surface area contributed by atoms with Gasteiger partial charge in [0.05, 0.1) is 0 Å². The third-order valence-corrected chi connectivity index (χ3v) is 4.01. The van der Waals surface area contributed by atoms with Crippen molar-refractivity contribution >= 4 is 27.6 Å². The van der Waals surface area contributed by atoms with Crippen molar-refractivity contribution in [3.8, 4) is 0 Å². The Balaban J connectivity index is 2.10. The fourth-order valence-corrected chi connectivity index (χ4v) is 2.99. The molecular formula is C11H8N2OS2. The maximum atomic E-state index is 12.1. The summed E-state index contributed by atoms with van der Waals surface area (Å²) >= 11 is 3.13. The summed E-state index contributed by atoms with van der Waals surface area (Å²) in [5.41, 5.74) is 0.790. The third kappa shape index (κ3) is 1.58. The Bertz CT molecular complexity index is 667. The topological polar surface area (TPSA) is 34.4 Å². The van der Waals surface area contributed by atoms with Crippen molar-refractivity contribution < 1.29 is 0 Å². The highest BCUT2D eigenvalue weighted by atomic mass is 32.1. The van der Waals surface area contributed by atoms with Gasteiger partial charge in [-0.3, -0.25) is 9.20 Å². The van der Waals surface area contributed by atoms with Crippen LogP contribution >= 0.6 is 22.7 Å². The zero-order chi connectivity index (χ0) is 11.0. The molecule has 16 heavy (non-hydrogen) atoms. The van der Waals surface area contributed by atoms with Gasteiger partial charge < -0.3 is 0 Å². The molecule has 5 heteroatoms. The first-order valence-corrected chi connectivity index (χ1v) is 6.56. The molecule has 0 spiro atoms. The van der Waals surface area contributed by atoms with E-state index < -0.39 is 0 Å². The first-order chi connectivity index (χ1) is 7.84. The molecule has 3 rings (SSSR count). The molecule has 0 saturated carbocycles. The lowest BCUT2D eigenvalue weighted by atomic mass is 10.2. The van der Waals surface area contributed by atoms with E-state index in [1.165, 1.54) is 16.2 Å². The molecule has 0 atom stereocenters. The average molecular weight is 248 g/mol. The molecule has 80 valence electrons. The Kier molecular flexibility index (Phi) is 2.34. The van der Waals surface area contributed by atoms with Crippen LogP contribution in [0.5, 0.6) is 0 Å². The van der Waals surface area contributed by atoms with Crippen molar-refractivity contribution in [1.82, 2.24) is 9.38 Å². The van der Waals surface area contributed by atoms with E-state index in [2.05, 4.69) is 4.98 Å². The Morgan fingerprint density at radius 1 is 1.31 bits per heavy atom. The first-order valence-electron chi connectivity index (χ1n) is 4.81. The lowest BCUT2D eigenvalue weighted by Gasteiger charge is -1.98. The summed E-state index contributed by atoms with van der Waals surface area (Å²) < 4.78 is 1.60. The van der Waals surface area contributed by atoms with Crippen LogP contribution in [0.1, 0.15) is 10.4 Å². The summed E-state index contributed by atoms with van der Waals surface area (Å²) in [6, 6.07) is 4.03. The predicted molar refractivity (Wildman–Crippen MR) is 66.5 cm³/mol. The fraction of sp³-hybridized carbons (Fsp3) is 0.0909. The van der Waals surface area contributed by atoms with Crippen LogP contribution in [0.4, 0.5) is 0 Å². The van der Waals surface area contributed by atoms with Gasteiger partial charge in [0.15, 0.2) is 4.96 Å². The normalized spacial score (nSPS) is 11.0. The number of thiazole rings is 1. The van der Waals surface area contributed by atoms with E-state index in [-0.39, 0.29) is 5.56 Å². The summed E-state index contributed by atoms with van der Waals surface area (Å²) in [7, 11) is 0. The Hall–Kier alpha value is -1.46. The van der Waals surface area contributed by atoms with Gasteiger partial charge >= 0.3 is 0 Å². The van der Waals surface area contributed by atoms with Gasteiger partial charge in [0, 0.05) is 34.6 Å². The van der Waals surface area contributed by atoms with Crippen molar-refractivity contribution in [2.75, 3.05) is 0 Å². The van der Waals surface area contributed by atoms with Crippen LogP contribution in [0.15, 0.2) is 40.1 Å². The highest BCUT2D eigenvalue weighted by molar-refractivity contribution is 7.15. The molecule has 0 saturated heterocycles. The van der Waals surface area contributed by atoms with Crippen molar-refractivity contribution in [1.29, 1.82) is 0 Å². The maximum absolute atomic E-state index is 12.1. The predicted octanol–water partition coefficient (Wildman–Crippen LogP) is 2.41. The number of aromatic nitrogens is 2. The molecule has 3 aromatic heterocycles. The molecule has 0 N–H and O–H groups in total. The second kappa shape index (κ2) is 3.84. The minimum absolute atomic E-state index is 0.0413. The lowest BCUT2D eigenvalue weighted by Crippen LogP contribution is -2.17. The number of hydrogen-bond acceptors (Lipinski definition) is 4. The van der Waals surface area contributed by atoms with Gasteiger partial charge in [-0.05, 0) is 11.4 Å².